The molecular weight excluding hydrogens is 536 g/mol. The largest absolute Gasteiger partial charge is 0.446 e. The average molecular weight is 581 g/mol. The van der Waals surface area contributed by atoms with E-state index in [1.807, 2.05) is 31.2 Å². The second kappa shape index (κ2) is 14.5. The van der Waals surface area contributed by atoms with Crippen molar-refractivity contribution in [2.45, 2.75) is 95.9 Å². The highest BCUT2D eigenvalue weighted by Crippen LogP contribution is 2.32. The first-order chi connectivity index (χ1) is 20.2. The number of nitrogens with zero attached hydrogens (tertiary/aromatic N) is 1. The van der Waals surface area contributed by atoms with Gasteiger partial charge in [-0.2, -0.15) is 0 Å². The zero-order valence-electron chi connectivity index (χ0n) is 24.7. The van der Waals surface area contributed by atoms with E-state index < -0.39 is 41.8 Å². The van der Waals surface area contributed by atoms with Crippen LogP contribution < -0.4 is 16.0 Å². The van der Waals surface area contributed by atoms with Gasteiger partial charge in [0, 0.05) is 13.1 Å². The maximum atomic E-state index is 14.1. The van der Waals surface area contributed by atoms with Crippen LogP contribution >= 0.6 is 0 Å². The van der Waals surface area contributed by atoms with E-state index in [1.165, 1.54) is 11.0 Å². The Morgan fingerprint density at radius 2 is 1.76 bits per heavy atom. The van der Waals surface area contributed by atoms with Gasteiger partial charge in [-0.05, 0) is 74.3 Å². The van der Waals surface area contributed by atoms with Gasteiger partial charge in [-0.15, -0.1) is 6.58 Å². The number of benzene rings is 1. The molecule has 228 valence electrons. The van der Waals surface area contributed by atoms with Crippen LogP contribution in [0.1, 0.15) is 69.9 Å². The lowest BCUT2D eigenvalue weighted by Gasteiger charge is -2.32. The molecule has 10 heteroatoms. The maximum absolute atomic E-state index is 14.1. The Hall–Kier alpha value is -3.69. The Labute approximate surface area is 248 Å². The topological polar surface area (TPSA) is 134 Å². The molecule has 1 heterocycles. The molecule has 0 aromatic heterocycles. The lowest BCUT2D eigenvalue weighted by molar-refractivity contribution is -0.143. The molecule has 0 radical (unpaired) electrons. The zero-order valence-corrected chi connectivity index (χ0v) is 24.7. The number of carbonyl (C=O) groups is 5. The van der Waals surface area contributed by atoms with Crippen LogP contribution in [0, 0.1) is 11.8 Å². The van der Waals surface area contributed by atoms with Gasteiger partial charge < -0.3 is 25.6 Å². The first-order valence-electron chi connectivity index (χ1n) is 15.3. The summed E-state index contributed by atoms with van der Waals surface area (Å²) in [7, 11) is 0. The first-order valence-corrected chi connectivity index (χ1v) is 15.3. The van der Waals surface area contributed by atoms with E-state index in [2.05, 4.69) is 29.5 Å². The predicted octanol–water partition coefficient (Wildman–Crippen LogP) is 2.83. The van der Waals surface area contributed by atoms with E-state index in [9.17, 15) is 24.0 Å². The first kappa shape index (κ1) is 31.3. The van der Waals surface area contributed by atoms with Crippen molar-refractivity contribution < 1.29 is 28.7 Å². The summed E-state index contributed by atoms with van der Waals surface area (Å²) >= 11 is 0. The van der Waals surface area contributed by atoms with Crippen molar-refractivity contribution >= 4 is 29.6 Å². The molecule has 1 unspecified atom stereocenters. The summed E-state index contributed by atoms with van der Waals surface area (Å²) in [6.45, 7) is 7.96. The van der Waals surface area contributed by atoms with Gasteiger partial charge in [0.1, 0.15) is 18.2 Å². The Balaban J connectivity index is 1.49. The molecular formula is C32H44N4O6. The SMILES string of the molecule is C=CCNC(=O)C(=O)C(CCC)NC(=O)[C@@H]1CCCN1C(=O)[C@@H](NC(=O)O[C@@H]1CCC[C@@H]1C)C1Cc2ccccc2C1. The minimum absolute atomic E-state index is 0.143. The van der Waals surface area contributed by atoms with Crippen LogP contribution in [-0.2, 0) is 36.8 Å². The molecule has 5 atom stereocenters. The highest BCUT2D eigenvalue weighted by atomic mass is 16.6. The number of amides is 4. The molecule has 2 fully saturated rings. The van der Waals surface area contributed by atoms with E-state index in [-0.39, 0.29) is 30.4 Å². The maximum Gasteiger partial charge on any atom is 0.408 e. The average Bonchev–Trinajstić information content (AvgIpc) is 3.73. The van der Waals surface area contributed by atoms with Gasteiger partial charge in [-0.25, -0.2) is 4.79 Å². The Kier molecular flexibility index (Phi) is 10.8. The summed E-state index contributed by atoms with van der Waals surface area (Å²) in [5.41, 5.74) is 2.29. The fraction of sp³-hybridized carbons (Fsp3) is 0.594. The fourth-order valence-corrected chi connectivity index (χ4v) is 6.51. The third-order valence-corrected chi connectivity index (χ3v) is 8.81. The van der Waals surface area contributed by atoms with Gasteiger partial charge in [0.2, 0.25) is 17.6 Å². The number of likely N-dealkylation sites (tertiary alicyclic amines) is 1. The molecule has 0 bridgehead atoms. The number of nitrogens with one attached hydrogen (secondary N) is 3. The normalized spacial score (nSPS) is 23.0. The predicted molar refractivity (Wildman–Crippen MR) is 157 cm³/mol. The minimum atomic E-state index is -0.994. The van der Waals surface area contributed by atoms with Crippen molar-refractivity contribution in [3.8, 4) is 0 Å². The standard InChI is InChI=1S/C32H44N4O6/c1-4-10-24(28(37)30(39)33-16-5-2)34-29(38)25-14-9-17-36(25)31(40)27(23-18-21-12-6-7-13-22(21)19-23)35-32(41)42-26-15-8-11-20(26)3/h5-7,12-13,20,23-27H,2,4,8-11,14-19H2,1,3H3,(H,33,39)(H,34,38)(H,35,41)/t20-,24?,25-,26+,27-/m0/s1. The van der Waals surface area contributed by atoms with E-state index in [1.54, 1.807) is 0 Å². The monoisotopic (exact) mass is 580 g/mol. The number of carbonyl (C=O) groups excluding carboxylic acids is 5. The second-order valence-corrected chi connectivity index (χ2v) is 11.8. The molecule has 10 nitrogen and oxygen atoms in total. The Bertz CT molecular complexity index is 1160. The van der Waals surface area contributed by atoms with E-state index in [0.717, 1.165) is 30.4 Å². The van der Waals surface area contributed by atoms with Crippen molar-refractivity contribution in [3.63, 3.8) is 0 Å². The molecule has 0 spiro atoms. The number of rotatable bonds is 12. The van der Waals surface area contributed by atoms with E-state index in [0.29, 0.717) is 45.1 Å². The van der Waals surface area contributed by atoms with Gasteiger partial charge in [0.05, 0.1) is 6.04 Å². The summed E-state index contributed by atoms with van der Waals surface area (Å²) in [5.74, 6) is -2.23. The highest BCUT2D eigenvalue weighted by Gasteiger charge is 2.43. The van der Waals surface area contributed by atoms with Crippen molar-refractivity contribution in [2.24, 2.45) is 11.8 Å². The van der Waals surface area contributed by atoms with Gasteiger partial charge in [-0.3, -0.25) is 19.2 Å². The molecule has 4 amide bonds. The van der Waals surface area contributed by atoms with Crippen molar-refractivity contribution in [2.75, 3.05) is 13.1 Å². The van der Waals surface area contributed by atoms with Crippen LogP contribution in [0.2, 0.25) is 0 Å². The number of hydrogen-bond acceptors (Lipinski definition) is 6. The summed E-state index contributed by atoms with van der Waals surface area (Å²) in [6, 6.07) is 5.34. The fourth-order valence-electron chi connectivity index (χ4n) is 6.51. The molecule has 1 aromatic carbocycles. The molecule has 1 aromatic rings. The van der Waals surface area contributed by atoms with Gasteiger partial charge >= 0.3 is 6.09 Å². The van der Waals surface area contributed by atoms with Gasteiger partial charge in [0.15, 0.2) is 0 Å². The molecule has 4 rings (SSSR count). The van der Waals surface area contributed by atoms with Crippen LogP contribution in [0.3, 0.4) is 0 Å². The smallest absolute Gasteiger partial charge is 0.408 e. The van der Waals surface area contributed by atoms with Crippen LogP contribution in [-0.4, -0.2) is 71.8 Å². The van der Waals surface area contributed by atoms with E-state index in [4.69, 9.17) is 4.74 Å². The number of ketones is 1. The van der Waals surface area contributed by atoms with E-state index >= 15 is 0 Å². The minimum Gasteiger partial charge on any atom is -0.446 e. The van der Waals surface area contributed by atoms with Crippen LogP contribution in [0.4, 0.5) is 4.79 Å². The molecule has 1 saturated carbocycles. The van der Waals surface area contributed by atoms with Gasteiger partial charge in [-0.1, -0.05) is 50.6 Å². The quantitative estimate of drug-likeness (QED) is 0.257. The molecule has 3 N–H and O–H groups in total. The van der Waals surface area contributed by atoms with Crippen molar-refractivity contribution in [1.82, 2.24) is 20.9 Å². The van der Waals surface area contributed by atoms with Crippen LogP contribution in [0.5, 0.6) is 0 Å². The number of Topliss-reactive ketones (excluding diaryl/α,β-unsaturated/α-hetero) is 1. The third-order valence-electron chi connectivity index (χ3n) is 8.81. The molecule has 1 saturated heterocycles. The number of fused-ring (bicyclic) bond motifs is 1. The summed E-state index contributed by atoms with van der Waals surface area (Å²) in [6.07, 6.45) is 6.66. The Morgan fingerprint density at radius 1 is 1.05 bits per heavy atom. The lowest BCUT2D eigenvalue weighted by atomic mass is 9.95. The Morgan fingerprint density at radius 3 is 2.38 bits per heavy atom. The third kappa shape index (κ3) is 7.38. The summed E-state index contributed by atoms with van der Waals surface area (Å²) in [4.78, 5) is 67.3. The van der Waals surface area contributed by atoms with Crippen molar-refractivity contribution in [1.29, 1.82) is 0 Å². The highest BCUT2D eigenvalue weighted by molar-refractivity contribution is 6.38. The van der Waals surface area contributed by atoms with Crippen molar-refractivity contribution in [3.05, 3.63) is 48.0 Å². The molecule has 2 aliphatic carbocycles. The molecule has 3 aliphatic rings. The summed E-state index contributed by atoms with van der Waals surface area (Å²) < 4.78 is 5.75. The van der Waals surface area contributed by atoms with Crippen LogP contribution in [0.25, 0.3) is 0 Å². The summed E-state index contributed by atoms with van der Waals surface area (Å²) in [5, 5.41) is 8.10. The second-order valence-electron chi connectivity index (χ2n) is 11.8. The van der Waals surface area contributed by atoms with Crippen LogP contribution in [0.15, 0.2) is 36.9 Å². The number of hydrogen-bond donors (Lipinski definition) is 3. The number of alkyl carbamates (subject to hydrolysis) is 1. The number of ether oxygens (including phenoxy) is 1. The molecule has 1 aliphatic heterocycles. The lowest BCUT2D eigenvalue weighted by Crippen LogP contribution is -2.58. The zero-order chi connectivity index (χ0) is 30.2. The van der Waals surface area contributed by atoms with Gasteiger partial charge in [0.25, 0.3) is 5.91 Å². The molecule has 42 heavy (non-hydrogen) atoms.